The minimum atomic E-state index is 0.810. The second-order valence-electron chi connectivity index (χ2n) is 11.1. The monoisotopic (exact) mass is 547 g/mol. The first-order valence-electron chi connectivity index (χ1n) is 14.6. The SMILES string of the molecule is c1ccc2c(c1)-c1ccccc1-c1cccc(-c3ccc(-c4cccc5c4oc4cnccc45)cc3)c1-c1ccccc1-2. The van der Waals surface area contributed by atoms with Crippen molar-refractivity contribution in [1.82, 2.24) is 4.98 Å². The van der Waals surface area contributed by atoms with E-state index in [0.717, 1.165) is 33.1 Å². The van der Waals surface area contributed by atoms with Gasteiger partial charge < -0.3 is 4.42 Å². The van der Waals surface area contributed by atoms with Crippen LogP contribution in [0.3, 0.4) is 0 Å². The van der Waals surface area contributed by atoms with Crippen molar-refractivity contribution in [2.45, 2.75) is 0 Å². The van der Waals surface area contributed by atoms with Crippen LogP contribution in [0.1, 0.15) is 0 Å². The van der Waals surface area contributed by atoms with Crippen LogP contribution in [0, 0.1) is 0 Å². The van der Waals surface area contributed by atoms with Crippen LogP contribution in [0.25, 0.3) is 88.7 Å². The maximum atomic E-state index is 6.29. The highest BCUT2D eigenvalue weighted by atomic mass is 16.3. The van der Waals surface area contributed by atoms with Crippen LogP contribution < -0.4 is 0 Å². The molecular weight excluding hydrogens is 522 g/mol. The molecule has 2 aromatic heterocycles. The summed E-state index contributed by atoms with van der Waals surface area (Å²) in [4.78, 5) is 4.25. The molecule has 0 atom stereocenters. The standard InChI is InChI=1S/C41H25NO/c1-2-10-31-30(9-1)32-11-3-4-12-34(32)37-17-7-15-28(40(37)36-14-6-5-13-33(31)36)26-19-21-27(22-20-26)29-16-8-18-38-35-23-24-42-25-39(35)43-41(29)38/h1-25H. The Balaban J connectivity index is 1.25. The van der Waals surface area contributed by atoms with E-state index in [-0.39, 0.29) is 0 Å². The van der Waals surface area contributed by atoms with Crippen LogP contribution in [0.15, 0.2) is 156 Å². The van der Waals surface area contributed by atoms with Gasteiger partial charge in [0.15, 0.2) is 5.58 Å². The minimum absolute atomic E-state index is 0.810. The summed E-state index contributed by atoms with van der Waals surface area (Å²) in [6.45, 7) is 0. The largest absolute Gasteiger partial charge is 0.454 e. The molecule has 9 rings (SSSR count). The summed E-state index contributed by atoms with van der Waals surface area (Å²) < 4.78 is 6.29. The third-order valence-electron chi connectivity index (χ3n) is 8.79. The lowest BCUT2D eigenvalue weighted by Gasteiger charge is -2.25. The van der Waals surface area contributed by atoms with Gasteiger partial charge in [-0.15, -0.1) is 0 Å². The molecule has 43 heavy (non-hydrogen) atoms. The molecule has 0 unspecified atom stereocenters. The third kappa shape index (κ3) is 3.63. The van der Waals surface area contributed by atoms with Crippen LogP contribution in [0.2, 0.25) is 0 Å². The van der Waals surface area contributed by atoms with Crippen molar-refractivity contribution in [2.24, 2.45) is 0 Å². The van der Waals surface area contributed by atoms with Gasteiger partial charge in [-0.25, -0.2) is 0 Å². The Labute approximate surface area is 249 Å². The van der Waals surface area contributed by atoms with E-state index < -0.39 is 0 Å². The Hall–Kier alpha value is -5.73. The molecule has 0 saturated carbocycles. The van der Waals surface area contributed by atoms with E-state index in [4.69, 9.17) is 4.42 Å². The molecule has 0 N–H and O–H groups in total. The fourth-order valence-corrected chi connectivity index (χ4v) is 6.86. The zero-order valence-corrected chi connectivity index (χ0v) is 23.3. The second kappa shape index (κ2) is 9.40. The molecule has 0 bridgehead atoms. The quantitative estimate of drug-likeness (QED) is 0.215. The number of pyridine rings is 1. The maximum Gasteiger partial charge on any atom is 0.153 e. The van der Waals surface area contributed by atoms with E-state index in [1.165, 1.54) is 55.6 Å². The number of hydrogen-bond donors (Lipinski definition) is 0. The van der Waals surface area contributed by atoms with Gasteiger partial charge in [-0.3, -0.25) is 4.98 Å². The molecular formula is C41H25NO. The number of rotatable bonds is 2. The molecule has 200 valence electrons. The van der Waals surface area contributed by atoms with Crippen LogP contribution in [0.5, 0.6) is 0 Å². The zero-order chi connectivity index (χ0) is 28.3. The molecule has 1 aliphatic carbocycles. The Morgan fingerprint density at radius 1 is 0.372 bits per heavy atom. The van der Waals surface area contributed by atoms with E-state index in [9.17, 15) is 0 Å². The van der Waals surface area contributed by atoms with Gasteiger partial charge in [0, 0.05) is 22.5 Å². The molecule has 2 nitrogen and oxygen atoms in total. The fraction of sp³-hybridized carbons (Fsp3) is 0. The lowest BCUT2D eigenvalue weighted by molar-refractivity contribution is 0.668. The van der Waals surface area contributed by atoms with Crippen molar-refractivity contribution < 1.29 is 4.42 Å². The molecule has 1 aliphatic rings. The first-order valence-corrected chi connectivity index (χ1v) is 14.6. The first kappa shape index (κ1) is 23.9. The van der Waals surface area contributed by atoms with Crippen molar-refractivity contribution in [2.75, 3.05) is 0 Å². The van der Waals surface area contributed by atoms with Gasteiger partial charge in [0.05, 0.1) is 6.20 Å². The lowest BCUT2D eigenvalue weighted by Crippen LogP contribution is -1.98. The summed E-state index contributed by atoms with van der Waals surface area (Å²) in [6.07, 6.45) is 3.61. The summed E-state index contributed by atoms with van der Waals surface area (Å²) in [5.74, 6) is 0. The summed E-state index contributed by atoms with van der Waals surface area (Å²) >= 11 is 0. The number of nitrogens with zero attached hydrogens (tertiary/aromatic N) is 1. The molecule has 0 spiro atoms. The van der Waals surface area contributed by atoms with E-state index in [1.807, 2.05) is 12.3 Å². The molecule has 2 heteroatoms. The molecule has 8 aromatic rings. The summed E-state index contributed by atoms with van der Waals surface area (Å²) in [7, 11) is 0. The highest BCUT2D eigenvalue weighted by Crippen LogP contribution is 2.50. The van der Waals surface area contributed by atoms with Crippen molar-refractivity contribution in [3.63, 3.8) is 0 Å². The van der Waals surface area contributed by atoms with Crippen molar-refractivity contribution in [3.05, 3.63) is 152 Å². The lowest BCUT2D eigenvalue weighted by atomic mass is 9.78. The van der Waals surface area contributed by atoms with Gasteiger partial charge >= 0.3 is 0 Å². The van der Waals surface area contributed by atoms with Gasteiger partial charge in [0.1, 0.15) is 5.58 Å². The van der Waals surface area contributed by atoms with E-state index >= 15 is 0 Å². The summed E-state index contributed by atoms with van der Waals surface area (Å²) in [5, 5.41) is 2.20. The smallest absolute Gasteiger partial charge is 0.153 e. The Kier molecular flexibility index (Phi) is 5.23. The highest BCUT2D eigenvalue weighted by molar-refractivity contribution is 6.10. The Bertz CT molecular complexity index is 2340. The second-order valence-corrected chi connectivity index (χ2v) is 11.1. The fourth-order valence-electron chi connectivity index (χ4n) is 6.86. The van der Waals surface area contributed by atoms with Gasteiger partial charge in [0.2, 0.25) is 0 Å². The van der Waals surface area contributed by atoms with Gasteiger partial charge in [-0.2, -0.15) is 0 Å². The number of benzene rings is 6. The predicted molar refractivity (Wildman–Crippen MR) is 178 cm³/mol. The average Bonchev–Trinajstić information content (AvgIpc) is 3.47. The van der Waals surface area contributed by atoms with E-state index in [2.05, 4.69) is 138 Å². The molecule has 2 heterocycles. The first-order chi connectivity index (χ1) is 21.3. The number of fused-ring (bicyclic) bond motifs is 11. The van der Waals surface area contributed by atoms with E-state index in [0.29, 0.717) is 0 Å². The van der Waals surface area contributed by atoms with Crippen molar-refractivity contribution in [3.8, 4) is 66.8 Å². The van der Waals surface area contributed by atoms with Crippen LogP contribution in [-0.4, -0.2) is 4.98 Å². The average molecular weight is 548 g/mol. The minimum Gasteiger partial charge on any atom is -0.454 e. The normalized spacial score (nSPS) is 11.7. The molecule has 0 saturated heterocycles. The number of aromatic nitrogens is 1. The Morgan fingerprint density at radius 3 is 1.53 bits per heavy atom. The molecule has 0 radical (unpaired) electrons. The Morgan fingerprint density at radius 2 is 0.860 bits per heavy atom. The molecule has 0 aliphatic heterocycles. The molecule has 0 fully saturated rings. The van der Waals surface area contributed by atoms with Crippen LogP contribution in [-0.2, 0) is 0 Å². The summed E-state index contributed by atoms with van der Waals surface area (Å²) in [5.41, 5.74) is 16.4. The van der Waals surface area contributed by atoms with Gasteiger partial charge in [-0.1, -0.05) is 133 Å². The zero-order valence-electron chi connectivity index (χ0n) is 23.3. The number of para-hydroxylation sites is 1. The van der Waals surface area contributed by atoms with Crippen LogP contribution in [0.4, 0.5) is 0 Å². The molecule has 6 aromatic carbocycles. The summed E-state index contributed by atoms with van der Waals surface area (Å²) in [6, 6.07) is 50.4. The van der Waals surface area contributed by atoms with Gasteiger partial charge in [-0.05, 0) is 67.3 Å². The molecule has 0 amide bonds. The maximum absolute atomic E-state index is 6.29. The number of hydrogen-bond acceptors (Lipinski definition) is 2. The van der Waals surface area contributed by atoms with Crippen molar-refractivity contribution >= 4 is 21.9 Å². The third-order valence-corrected chi connectivity index (χ3v) is 8.79. The van der Waals surface area contributed by atoms with Crippen LogP contribution >= 0.6 is 0 Å². The van der Waals surface area contributed by atoms with Gasteiger partial charge in [0.25, 0.3) is 0 Å². The predicted octanol–water partition coefficient (Wildman–Crippen LogP) is 11.3. The topological polar surface area (TPSA) is 26.0 Å². The number of furan rings is 1. The van der Waals surface area contributed by atoms with Crippen molar-refractivity contribution in [1.29, 1.82) is 0 Å². The van der Waals surface area contributed by atoms with E-state index in [1.54, 1.807) is 6.20 Å². The highest BCUT2D eigenvalue weighted by Gasteiger charge is 2.23.